The molecule has 0 amide bonds. The Morgan fingerprint density at radius 1 is 1.39 bits per heavy atom. The van der Waals surface area contributed by atoms with Gasteiger partial charge in [-0.3, -0.25) is 0 Å². The van der Waals surface area contributed by atoms with Gasteiger partial charge in [0.25, 0.3) is 10.2 Å². The number of hydrogen-bond acceptors (Lipinski definition) is 3. The van der Waals surface area contributed by atoms with Crippen molar-refractivity contribution in [1.29, 1.82) is 0 Å². The normalized spacial score (nSPS) is 29.1. The van der Waals surface area contributed by atoms with Gasteiger partial charge in [-0.15, -0.1) is 0 Å². The van der Waals surface area contributed by atoms with Gasteiger partial charge in [-0.1, -0.05) is 32.5 Å². The summed E-state index contributed by atoms with van der Waals surface area (Å²) >= 11 is 5.08. The van der Waals surface area contributed by atoms with Gasteiger partial charge in [0.05, 0.1) is 10.5 Å². The third-order valence-corrected chi connectivity index (χ3v) is 5.39. The summed E-state index contributed by atoms with van der Waals surface area (Å²) in [7, 11) is -3.53. The van der Waals surface area contributed by atoms with Crippen LogP contribution in [0.5, 0.6) is 0 Å². The van der Waals surface area contributed by atoms with Crippen LogP contribution in [0.3, 0.4) is 0 Å². The van der Waals surface area contributed by atoms with E-state index >= 15 is 0 Å². The fraction of sp³-hybridized carbons (Fsp3) is 0.909. The lowest BCUT2D eigenvalue weighted by atomic mass is 9.76. The Morgan fingerprint density at radius 3 is 2.33 bits per heavy atom. The van der Waals surface area contributed by atoms with Gasteiger partial charge in [-0.2, -0.15) is 13.1 Å². The van der Waals surface area contributed by atoms with Crippen LogP contribution in [0.15, 0.2) is 0 Å². The van der Waals surface area contributed by atoms with E-state index in [1.165, 1.54) is 0 Å². The van der Waals surface area contributed by atoms with Crippen LogP contribution < -0.4 is 15.2 Å². The highest BCUT2D eigenvalue weighted by molar-refractivity contribution is 7.87. The number of nitrogens with two attached hydrogens (primary N) is 1. The molecular weight excluding hydrogens is 270 g/mol. The molecule has 18 heavy (non-hydrogen) atoms. The largest absolute Gasteiger partial charge is 0.392 e. The first-order valence-corrected chi connectivity index (χ1v) is 8.33. The summed E-state index contributed by atoms with van der Waals surface area (Å²) in [5, 5.41) is 0. The second kappa shape index (κ2) is 6.27. The number of thiocarbonyl (C=S) groups is 1. The van der Waals surface area contributed by atoms with Crippen molar-refractivity contribution in [2.45, 2.75) is 51.5 Å². The topological polar surface area (TPSA) is 84.2 Å². The summed E-state index contributed by atoms with van der Waals surface area (Å²) in [4.78, 5) is 0.249. The lowest BCUT2D eigenvalue weighted by Gasteiger charge is -2.39. The van der Waals surface area contributed by atoms with E-state index in [1.807, 2.05) is 0 Å². The average molecular weight is 293 g/mol. The summed E-state index contributed by atoms with van der Waals surface area (Å²) < 4.78 is 28.7. The van der Waals surface area contributed by atoms with Gasteiger partial charge < -0.3 is 5.73 Å². The van der Waals surface area contributed by atoms with Gasteiger partial charge in [0, 0.05) is 6.54 Å². The second-order valence-corrected chi connectivity index (χ2v) is 6.84. The summed E-state index contributed by atoms with van der Waals surface area (Å²) in [5.74, 6) is 0.649. The lowest BCUT2D eigenvalue weighted by molar-refractivity contribution is 0.268. The first-order chi connectivity index (χ1) is 8.35. The zero-order chi connectivity index (χ0) is 13.8. The Labute approximate surface area is 115 Å². The molecule has 0 aromatic carbocycles. The van der Waals surface area contributed by atoms with Crippen molar-refractivity contribution < 1.29 is 8.42 Å². The third kappa shape index (κ3) is 3.88. The highest BCUT2D eigenvalue weighted by Crippen LogP contribution is 2.34. The SMILES string of the molecule is CCNS(=O)(=O)NC1(C(N)=S)CCC(CC)CC1. The van der Waals surface area contributed by atoms with Crippen molar-refractivity contribution in [3.63, 3.8) is 0 Å². The molecule has 4 N–H and O–H groups in total. The Hall–Kier alpha value is -0.240. The molecule has 0 radical (unpaired) electrons. The molecule has 0 atom stereocenters. The molecule has 1 aliphatic rings. The summed E-state index contributed by atoms with van der Waals surface area (Å²) in [6, 6.07) is 0. The third-order valence-electron chi connectivity index (χ3n) is 3.67. The Balaban J connectivity index is 2.81. The van der Waals surface area contributed by atoms with E-state index in [0.29, 0.717) is 25.3 Å². The molecule has 7 heteroatoms. The van der Waals surface area contributed by atoms with Crippen LogP contribution in [-0.2, 0) is 10.2 Å². The van der Waals surface area contributed by atoms with Crippen molar-refractivity contribution in [2.75, 3.05) is 6.54 Å². The van der Waals surface area contributed by atoms with E-state index in [1.54, 1.807) is 6.92 Å². The van der Waals surface area contributed by atoms with E-state index in [2.05, 4.69) is 16.4 Å². The molecular formula is C11H23N3O2S2. The molecule has 1 fully saturated rings. The molecule has 0 heterocycles. The van der Waals surface area contributed by atoms with Gasteiger partial charge in [-0.25, -0.2) is 4.72 Å². The summed E-state index contributed by atoms with van der Waals surface area (Å²) in [5.41, 5.74) is 5.02. The van der Waals surface area contributed by atoms with Crippen LogP contribution in [0.4, 0.5) is 0 Å². The molecule has 1 rings (SSSR count). The predicted molar refractivity (Wildman–Crippen MR) is 77.5 cm³/mol. The van der Waals surface area contributed by atoms with E-state index in [-0.39, 0.29) is 4.99 Å². The molecule has 106 valence electrons. The van der Waals surface area contributed by atoms with Crippen molar-refractivity contribution in [1.82, 2.24) is 9.44 Å². The standard InChI is InChI=1S/C11H23N3O2S2/c1-3-9-5-7-11(8-6-9,10(12)17)14-18(15,16)13-4-2/h9,13-14H,3-8H2,1-2H3,(H2,12,17). The Bertz CT molecular complexity index is 387. The number of hydrogen-bond donors (Lipinski definition) is 3. The van der Waals surface area contributed by atoms with Crippen LogP contribution in [0.25, 0.3) is 0 Å². The quantitative estimate of drug-likeness (QED) is 0.639. The van der Waals surface area contributed by atoms with Gasteiger partial charge >= 0.3 is 0 Å². The zero-order valence-electron chi connectivity index (χ0n) is 11.0. The van der Waals surface area contributed by atoms with Gasteiger partial charge in [-0.05, 0) is 31.6 Å². The smallest absolute Gasteiger partial charge is 0.277 e. The summed E-state index contributed by atoms with van der Waals surface area (Å²) in [6.45, 7) is 4.24. The van der Waals surface area contributed by atoms with Crippen LogP contribution >= 0.6 is 12.2 Å². The molecule has 0 unspecified atom stereocenters. The number of rotatable bonds is 6. The fourth-order valence-electron chi connectivity index (χ4n) is 2.46. The maximum absolute atomic E-state index is 11.8. The molecule has 0 saturated heterocycles. The number of nitrogens with one attached hydrogen (secondary N) is 2. The first-order valence-electron chi connectivity index (χ1n) is 6.43. The minimum absolute atomic E-state index is 0.249. The zero-order valence-corrected chi connectivity index (χ0v) is 12.7. The molecule has 0 aromatic rings. The highest BCUT2D eigenvalue weighted by Gasteiger charge is 2.40. The maximum Gasteiger partial charge on any atom is 0.277 e. The molecule has 0 bridgehead atoms. The fourth-order valence-corrected chi connectivity index (χ4v) is 4.06. The minimum atomic E-state index is -3.53. The van der Waals surface area contributed by atoms with E-state index in [4.69, 9.17) is 18.0 Å². The minimum Gasteiger partial charge on any atom is -0.392 e. The first kappa shape index (κ1) is 15.8. The molecule has 1 aliphatic carbocycles. The Morgan fingerprint density at radius 2 is 1.94 bits per heavy atom. The summed E-state index contributed by atoms with van der Waals surface area (Å²) in [6.07, 6.45) is 4.41. The average Bonchev–Trinajstić information content (AvgIpc) is 2.29. The van der Waals surface area contributed by atoms with Crippen molar-refractivity contribution >= 4 is 27.4 Å². The molecule has 1 saturated carbocycles. The second-order valence-electron chi connectivity index (χ2n) is 4.90. The van der Waals surface area contributed by atoms with E-state index in [9.17, 15) is 8.42 Å². The van der Waals surface area contributed by atoms with Gasteiger partial charge in [0.1, 0.15) is 0 Å². The maximum atomic E-state index is 11.8. The van der Waals surface area contributed by atoms with Crippen LogP contribution in [0, 0.1) is 5.92 Å². The van der Waals surface area contributed by atoms with Crippen LogP contribution in [-0.4, -0.2) is 25.5 Å². The molecule has 0 spiro atoms. The molecule has 5 nitrogen and oxygen atoms in total. The van der Waals surface area contributed by atoms with Crippen molar-refractivity contribution in [3.8, 4) is 0 Å². The van der Waals surface area contributed by atoms with E-state index in [0.717, 1.165) is 19.3 Å². The molecule has 0 aromatic heterocycles. The van der Waals surface area contributed by atoms with Crippen molar-refractivity contribution in [3.05, 3.63) is 0 Å². The monoisotopic (exact) mass is 293 g/mol. The van der Waals surface area contributed by atoms with Gasteiger partial charge in [0.2, 0.25) is 0 Å². The van der Waals surface area contributed by atoms with Gasteiger partial charge in [0.15, 0.2) is 0 Å². The lowest BCUT2D eigenvalue weighted by Crippen LogP contribution is -2.60. The van der Waals surface area contributed by atoms with Crippen LogP contribution in [0.1, 0.15) is 46.0 Å². The highest BCUT2D eigenvalue weighted by atomic mass is 32.2. The Kier molecular flexibility index (Phi) is 5.51. The van der Waals surface area contributed by atoms with Crippen LogP contribution in [0.2, 0.25) is 0 Å². The molecule has 0 aliphatic heterocycles. The predicted octanol–water partition coefficient (Wildman–Crippen LogP) is 1.06. The van der Waals surface area contributed by atoms with Crippen molar-refractivity contribution in [2.24, 2.45) is 11.7 Å². The van der Waals surface area contributed by atoms with E-state index < -0.39 is 15.7 Å².